The number of fused-ring (bicyclic) bond motifs is 3. The third-order valence-corrected chi connectivity index (χ3v) is 4.77. The molecule has 0 radical (unpaired) electrons. The van der Waals surface area contributed by atoms with Crippen LogP contribution in [0.3, 0.4) is 0 Å². The lowest BCUT2D eigenvalue weighted by molar-refractivity contribution is -0.235. The Kier molecular flexibility index (Phi) is 7.49. The van der Waals surface area contributed by atoms with Crippen molar-refractivity contribution < 1.29 is 23.0 Å². The molecular formula is C23H28F3NO2. The molecule has 158 valence electrons. The Hall–Kier alpha value is -2.31. The second-order valence-corrected chi connectivity index (χ2v) is 6.58. The van der Waals surface area contributed by atoms with Crippen LogP contribution in [0.4, 0.5) is 13.2 Å². The Morgan fingerprint density at radius 1 is 1.21 bits per heavy atom. The van der Waals surface area contributed by atoms with Crippen LogP contribution in [0, 0.1) is 0 Å². The minimum absolute atomic E-state index is 0.0436. The summed E-state index contributed by atoms with van der Waals surface area (Å²) < 4.78 is 45.1. The molecule has 1 aliphatic carbocycles. The molecule has 1 atom stereocenters. The van der Waals surface area contributed by atoms with Crippen LogP contribution in [0.5, 0.6) is 0 Å². The highest BCUT2D eigenvalue weighted by Gasteiger charge is 2.51. The van der Waals surface area contributed by atoms with Crippen LogP contribution in [0.2, 0.25) is 0 Å². The minimum atomic E-state index is -4.90. The van der Waals surface area contributed by atoms with Crippen molar-refractivity contribution in [3.63, 3.8) is 0 Å². The van der Waals surface area contributed by atoms with Gasteiger partial charge in [0.25, 0.3) is 0 Å². The molecule has 2 aromatic rings. The van der Waals surface area contributed by atoms with Gasteiger partial charge >= 0.3 is 6.18 Å². The predicted octanol–water partition coefficient (Wildman–Crippen LogP) is 5.45. The van der Waals surface area contributed by atoms with Gasteiger partial charge in [-0.05, 0) is 47.7 Å². The third-order valence-electron chi connectivity index (χ3n) is 4.77. The van der Waals surface area contributed by atoms with Gasteiger partial charge in [-0.25, -0.2) is 0 Å². The molecule has 0 saturated carbocycles. The van der Waals surface area contributed by atoms with Crippen molar-refractivity contribution in [3.8, 4) is 0 Å². The van der Waals surface area contributed by atoms with E-state index < -0.39 is 18.3 Å². The molecule has 29 heavy (non-hydrogen) atoms. The standard InChI is InChI=1S/C21H22F3NO2.C2H6/c1-2-27-19(12-20(26,13-25)21(22,23)24)16-9-10-18-15(11-16)8-7-14-5-3-4-6-17(14)18;1-2/h4,6-12,26H,2-3,5,13,25H2,1H3;1-2H3/b19-12-;. The van der Waals surface area contributed by atoms with Crippen molar-refractivity contribution in [2.75, 3.05) is 13.2 Å². The van der Waals surface area contributed by atoms with E-state index in [1.165, 1.54) is 5.56 Å². The first-order chi connectivity index (χ1) is 13.8. The predicted molar refractivity (Wildman–Crippen MR) is 112 cm³/mol. The van der Waals surface area contributed by atoms with Crippen LogP contribution in [0.1, 0.15) is 43.9 Å². The third kappa shape index (κ3) is 4.82. The molecule has 0 saturated heterocycles. The zero-order valence-electron chi connectivity index (χ0n) is 17.0. The van der Waals surface area contributed by atoms with Crippen molar-refractivity contribution >= 4 is 22.6 Å². The van der Waals surface area contributed by atoms with Gasteiger partial charge in [-0.1, -0.05) is 50.3 Å². The summed E-state index contributed by atoms with van der Waals surface area (Å²) in [7, 11) is 0. The number of alkyl halides is 3. The number of aliphatic hydroxyl groups is 1. The molecular weight excluding hydrogens is 379 g/mol. The molecule has 0 bridgehead atoms. The van der Waals surface area contributed by atoms with E-state index in [1.54, 1.807) is 19.1 Å². The molecule has 3 nitrogen and oxygen atoms in total. The van der Waals surface area contributed by atoms with Gasteiger partial charge in [-0.15, -0.1) is 0 Å². The fraction of sp³-hybridized carbons (Fsp3) is 0.391. The molecule has 0 aromatic heterocycles. The summed E-state index contributed by atoms with van der Waals surface area (Å²) in [5, 5.41) is 11.9. The van der Waals surface area contributed by atoms with E-state index in [0.717, 1.165) is 29.2 Å². The number of allylic oxidation sites excluding steroid dienone is 1. The smallest absolute Gasteiger partial charge is 0.422 e. The molecule has 0 amide bonds. The van der Waals surface area contributed by atoms with Gasteiger partial charge in [0.05, 0.1) is 6.61 Å². The lowest BCUT2D eigenvalue weighted by atomic mass is 9.91. The molecule has 0 fully saturated rings. The summed E-state index contributed by atoms with van der Waals surface area (Å²) in [5.41, 5.74) is 4.91. The Labute approximate surface area is 169 Å². The Morgan fingerprint density at radius 2 is 1.93 bits per heavy atom. The SMILES string of the molecule is CC.CCO/C(=C\C(O)(CN)C(F)(F)F)c1ccc2c3c(ccc2c1)CCC=C3. The first-order valence-electron chi connectivity index (χ1n) is 9.86. The zero-order valence-corrected chi connectivity index (χ0v) is 17.0. The van der Waals surface area contributed by atoms with E-state index in [4.69, 9.17) is 10.5 Å². The molecule has 0 aliphatic heterocycles. The van der Waals surface area contributed by atoms with Crippen LogP contribution in [0.15, 0.2) is 42.5 Å². The van der Waals surface area contributed by atoms with Crippen LogP contribution >= 0.6 is 0 Å². The van der Waals surface area contributed by atoms with Crippen LogP contribution in [-0.4, -0.2) is 30.0 Å². The second kappa shape index (κ2) is 9.46. The largest absolute Gasteiger partial charge is 0.493 e. The topological polar surface area (TPSA) is 55.5 Å². The summed E-state index contributed by atoms with van der Waals surface area (Å²) in [4.78, 5) is 0. The quantitative estimate of drug-likeness (QED) is 0.648. The summed E-state index contributed by atoms with van der Waals surface area (Å²) >= 11 is 0. The molecule has 0 spiro atoms. The number of hydrogen-bond donors (Lipinski definition) is 2. The number of hydrogen-bond acceptors (Lipinski definition) is 3. The van der Waals surface area contributed by atoms with Crippen LogP contribution in [-0.2, 0) is 11.2 Å². The lowest BCUT2D eigenvalue weighted by Crippen LogP contribution is -2.49. The maximum Gasteiger partial charge on any atom is 0.422 e. The van der Waals surface area contributed by atoms with Gasteiger partial charge in [0, 0.05) is 18.2 Å². The highest BCUT2D eigenvalue weighted by molar-refractivity contribution is 5.94. The number of rotatable bonds is 5. The number of halogens is 3. The number of aryl methyl sites for hydroxylation is 1. The highest BCUT2D eigenvalue weighted by Crippen LogP contribution is 2.35. The summed E-state index contributed by atoms with van der Waals surface area (Å²) in [6, 6.07) is 9.36. The van der Waals surface area contributed by atoms with Crippen molar-refractivity contribution in [2.45, 2.75) is 45.4 Å². The van der Waals surface area contributed by atoms with Crippen LogP contribution in [0.25, 0.3) is 22.6 Å². The Bertz CT molecular complexity index is 903. The van der Waals surface area contributed by atoms with Crippen molar-refractivity contribution in [1.82, 2.24) is 0 Å². The summed E-state index contributed by atoms with van der Waals surface area (Å²) in [5.74, 6) is -0.0436. The van der Waals surface area contributed by atoms with E-state index in [0.29, 0.717) is 11.6 Å². The first kappa shape index (κ1) is 23.0. The van der Waals surface area contributed by atoms with Gasteiger partial charge in [0.2, 0.25) is 0 Å². The molecule has 6 heteroatoms. The van der Waals surface area contributed by atoms with E-state index in [9.17, 15) is 18.3 Å². The fourth-order valence-corrected chi connectivity index (χ4v) is 3.24. The van der Waals surface area contributed by atoms with Gasteiger partial charge in [0.1, 0.15) is 5.76 Å². The highest BCUT2D eigenvalue weighted by atomic mass is 19.4. The van der Waals surface area contributed by atoms with E-state index in [-0.39, 0.29) is 12.4 Å². The van der Waals surface area contributed by atoms with E-state index >= 15 is 0 Å². The van der Waals surface area contributed by atoms with Crippen LogP contribution < -0.4 is 5.73 Å². The first-order valence-corrected chi connectivity index (χ1v) is 9.86. The average Bonchev–Trinajstić information content (AvgIpc) is 2.73. The maximum absolute atomic E-state index is 13.2. The molecule has 0 heterocycles. The van der Waals surface area contributed by atoms with Gasteiger partial charge in [-0.3, -0.25) is 0 Å². The second-order valence-electron chi connectivity index (χ2n) is 6.58. The fourth-order valence-electron chi connectivity index (χ4n) is 3.24. The molecule has 2 aromatic carbocycles. The summed E-state index contributed by atoms with van der Waals surface area (Å²) in [6.07, 6.45) is 1.94. The summed E-state index contributed by atoms with van der Waals surface area (Å²) in [6.45, 7) is 4.85. The minimum Gasteiger partial charge on any atom is -0.493 e. The zero-order chi connectivity index (χ0) is 21.7. The molecule has 3 rings (SSSR count). The lowest BCUT2D eigenvalue weighted by Gasteiger charge is -2.27. The van der Waals surface area contributed by atoms with Crippen molar-refractivity contribution in [3.05, 3.63) is 59.2 Å². The molecule has 1 unspecified atom stereocenters. The molecule has 1 aliphatic rings. The Balaban J connectivity index is 0.00000145. The number of ether oxygens (including phenoxy) is 1. The van der Waals surface area contributed by atoms with Crippen molar-refractivity contribution in [1.29, 1.82) is 0 Å². The average molecular weight is 407 g/mol. The number of nitrogens with two attached hydrogens (primary N) is 1. The van der Waals surface area contributed by atoms with E-state index in [1.807, 2.05) is 32.0 Å². The number of benzene rings is 2. The Morgan fingerprint density at radius 3 is 2.55 bits per heavy atom. The normalized spacial score (nSPS) is 15.9. The molecule has 3 N–H and O–H groups in total. The van der Waals surface area contributed by atoms with Gasteiger partial charge in [0.15, 0.2) is 5.60 Å². The van der Waals surface area contributed by atoms with E-state index in [2.05, 4.69) is 12.2 Å². The van der Waals surface area contributed by atoms with Gasteiger partial charge < -0.3 is 15.6 Å². The monoisotopic (exact) mass is 407 g/mol. The van der Waals surface area contributed by atoms with Gasteiger partial charge in [-0.2, -0.15) is 13.2 Å². The maximum atomic E-state index is 13.2. The van der Waals surface area contributed by atoms with Crippen molar-refractivity contribution in [2.24, 2.45) is 5.73 Å².